The SMILES string of the molecule is O=C(Nc1cccc(Cl)c1)c1ccc(NCC2CCN(C(=O)c3ccccc3)CC2)nc1. The second kappa shape index (κ2) is 10.3. The number of hydrogen-bond donors (Lipinski definition) is 2. The maximum atomic E-state index is 12.6. The van der Waals surface area contributed by atoms with E-state index in [9.17, 15) is 9.59 Å². The topological polar surface area (TPSA) is 74.3 Å². The molecule has 1 fully saturated rings. The summed E-state index contributed by atoms with van der Waals surface area (Å²) in [5.41, 5.74) is 1.86. The van der Waals surface area contributed by atoms with Gasteiger partial charge < -0.3 is 15.5 Å². The molecule has 2 N–H and O–H groups in total. The number of hydrogen-bond acceptors (Lipinski definition) is 4. The standard InChI is InChI=1S/C25H25ClN4O2/c26-21-7-4-8-22(15-21)29-24(31)20-9-10-23(28-17-20)27-16-18-11-13-30(14-12-18)25(32)19-5-2-1-3-6-19/h1-10,15,17-18H,11-14,16H2,(H,27,28)(H,29,31). The van der Waals surface area contributed by atoms with Crippen molar-refractivity contribution in [2.24, 2.45) is 5.92 Å². The molecule has 0 aliphatic carbocycles. The molecule has 1 aliphatic rings. The van der Waals surface area contributed by atoms with Crippen LogP contribution in [0.2, 0.25) is 5.02 Å². The van der Waals surface area contributed by atoms with E-state index in [4.69, 9.17) is 11.6 Å². The highest BCUT2D eigenvalue weighted by atomic mass is 35.5. The highest BCUT2D eigenvalue weighted by molar-refractivity contribution is 6.31. The maximum absolute atomic E-state index is 12.6. The van der Waals surface area contributed by atoms with Gasteiger partial charge in [0.2, 0.25) is 0 Å². The molecule has 0 atom stereocenters. The van der Waals surface area contributed by atoms with Crippen LogP contribution in [0.5, 0.6) is 0 Å². The van der Waals surface area contributed by atoms with Gasteiger partial charge in [0, 0.05) is 42.1 Å². The van der Waals surface area contributed by atoms with E-state index in [1.165, 1.54) is 0 Å². The third kappa shape index (κ3) is 5.65. The summed E-state index contributed by atoms with van der Waals surface area (Å²) >= 11 is 5.95. The Balaban J connectivity index is 1.23. The molecule has 0 radical (unpaired) electrons. The van der Waals surface area contributed by atoms with Gasteiger partial charge in [0.25, 0.3) is 11.8 Å². The van der Waals surface area contributed by atoms with Crippen LogP contribution >= 0.6 is 11.6 Å². The van der Waals surface area contributed by atoms with Gasteiger partial charge in [-0.1, -0.05) is 35.9 Å². The number of nitrogens with one attached hydrogen (secondary N) is 2. The number of carbonyl (C=O) groups is 2. The number of amides is 2. The van der Waals surface area contributed by atoms with Gasteiger partial charge in [0.1, 0.15) is 5.82 Å². The number of anilines is 2. The van der Waals surface area contributed by atoms with Crippen LogP contribution in [0.25, 0.3) is 0 Å². The lowest BCUT2D eigenvalue weighted by atomic mass is 9.96. The monoisotopic (exact) mass is 448 g/mol. The van der Waals surface area contributed by atoms with E-state index >= 15 is 0 Å². The average molecular weight is 449 g/mol. The molecule has 1 aromatic heterocycles. The molecule has 32 heavy (non-hydrogen) atoms. The lowest BCUT2D eigenvalue weighted by Gasteiger charge is -2.32. The smallest absolute Gasteiger partial charge is 0.257 e. The van der Waals surface area contributed by atoms with Crippen molar-refractivity contribution in [2.45, 2.75) is 12.8 Å². The van der Waals surface area contributed by atoms with E-state index in [0.717, 1.165) is 43.9 Å². The summed E-state index contributed by atoms with van der Waals surface area (Å²) < 4.78 is 0. The molecule has 164 valence electrons. The van der Waals surface area contributed by atoms with Crippen LogP contribution in [0.15, 0.2) is 72.9 Å². The molecule has 0 spiro atoms. The molecular weight excluding hydrogens is 424 g/mol. The minimum Gasteiger partial charge on any atom is -0.370 e. The first kappa shape index (κ1) is 21.8. The third-order valence-electron chi connectivity index (χ3n) is 5.60. The summed E-state index contributed by atoms with van der Waals surface area (Å²) in [7, 11) is 0. The first-order valence-corrected chi connectivity index (χ1v) is 11.1. The van der Waals surface area contributed by atoms with Crippen molar-refractivity contribution in [3.8, 4) is 0 Å². The molecule has 2 heterocycles. The quantitative estimate of drug-likeness (QED) is 0.559. The number of rotatable bonds is 6. The average Bonchev–Trinajstić information content (AvgIpc) is 2.83. The highest BCUT2D eigenvalue weighted by Gasteiger charge is 2.23. The van der Waals surface area contributed by atoms with Gasteiger partial charge in [-0.25, -0.2) is 4.98 Å². The number of nitrogens with zero attached hydrogens (tertiary/aromatic N) is 2. The summed E-state index contributed by atoms with van der Waals surface area (Å²) in [6.45, 7) is 2.31. The molecule has 0 saturated carbocycles. The number of carbonyl (C=O) groups excluding carboxylic acids is 2. The van der Waals surface area contributed by atoms with Crippen molar-refractivity contribution in [3.05, 3.63) is 89.1 Å². The van der Waals surface area contributed by atoms with Gasteiger partial charge in [0.05, 0.1) is 5.56 Å². The van der Waals surface area contributed by atoms with Crippen LogP contribution in [0, 0.1) is 5.92 Å². The second-order valence-electron chi connectivity index (χ2n) is 7.88. The van der Waals surface area contributed by atoms with E-state index in [1.54, 1.807) is 42.6 Å². The summed E-state index contributed by atoms with van der Waals surface area (Å²) in [6.07, 6.45) is 3.46. The van der Waals surface area contributed by atoms with E-state index < -0.39 is 0 Å². The molecule has 2 amide bonds. The number of aromatic nitrogens is 1. The van der Waals surface area contributed by atoms with Crippen molar-refractivity contribution in [1.82, 2.24) is 9.88 Å². The molecular formula is C25H25ClN4O2. The van der Waals surface area contributed by atoms with Crippen LogP contribution in [-0.4, -0.2) is 41.3 Å². The Bertz CT molecular complexity index is 1060. The van der Waals surface area contributed by atoms with E-state index in [0.29, 0.717) is 22.2 Å². The Morgan fingerprint density at radius 3 is 2.44 bits per heavy atom. The summed E-state index contributed by atoms with van der Waals surface area (Å²) in [6, 6.07) is 20.0. The normalized spacial score (nSPS) is 14.1. The Morgan fingerprint density at radius 1 is 0.969 bits per heavy atom. The number of benzene rings is 2. The zero-order valence-electron chi connectivity index (χ0n) is 17.6. The van der Waals surface area contributed by atoms with Crippen molar-refractivity contribution < 1.29 is 9.59 Å². The molecule has 0 unspecified atom stereocenters. The van der Waals surface area contributed by atoms with Crippen molar-refractivity contribution in [3.63, 3.8) is 0 Å². The van der Waals surface area contributed by atoms with E-state index in [1.807, 2.05) is 35.2 Å². The van der Waals surface area contributed by atoms with E-state index in [2.05, 4.69) is 15.6 Å². The molecule has 3 aromatic rings. The van der Waals surface area contributed by atoms with Crippen LogP contribution in [0.3, 0.4) is 0 Å². The first-order chi connectivity index (χ1) is 15.6. The molecule has 2 aromatic carbocycles. The summed E-state index contributed by atoms with van der Waals surface area (Å²) in [4.78, 5) is 31.2. The van der Waals surface area contributed by atoms with Gasteiger partial charge in [-0.2, -0.15) is 0 Å². The molecule has 7 heteroatoms. The van der Waals surface area contributed by atoms with Gasteiger partial charge in [0.15, 0.2) is 0 Å². The summed E-state index contributed by atoms with van der Waals surface area (Å²) in [5, 5.41) is 6.73. The number of pyridine rings is 1. The summed E-state index contributed by atoms with van der Waals surface area (Å²) in [5.74, 6) is 1.07. The predicted octanol–water partition coefficient (Wildman–Crippen LogP) is 4.95. The van der Waals surface area contributed by atoms with Crippen LogP contribution in [-0.2, 0) is 0 Å². The molecule has 1 saturated heterocycles. The van der Waals surface area contributed by atoms with Crippen molar-refractivity contribution >= 4 is 34.9 Å². The number of likely N-dealkylation sites (tertiary alicyclic amines) is 1. The fraction of sp³-hybridized carbons (Fsp3) is 0.240. The van der Waals surface area contributed by atoms with Gasteiger partial charge >= 0.3 is 0 Å². The van der Waals surface area contributed by atoms with Gasteiger partial charge in [-0.15, -0.1) is 0 Å². The highest BCUT2D eigenvalue weighted by Crippen LogP contribution is 2.20. The Hall–Kier alpha value is -3.38. The fourth-order valence-electron chi connectivity index (χ4n) is 3.75. The minimum absolute atomic E-state index is 0.102. The number of halogens is 1. The predicted molar refractivity (Wildman–Crippen MR) is 127 cm³/mol. The molecule has 0 bridgehead atoms. The van der Waals surface area contributed by atoms with Crippen LogP contribution in [0.1, 0.15) is 33.6 Å². The molecule has 6 nitrogen and oxygen atoms in total. The zero-order chi connectivity index (χ0) is 22.3. The largest absolute Gasteiger partial charge is 0.370 e. The Labute approximate surface area is 192 Å². The Kier molecular flexibility index (Phi) is 7.02. The van der Waals surface area contributed by atoms with Crippen LogP contribution in [0.4, 0.5) is 11.5 Å². The lowest BCUT2D eigenvalue weighted by Crippen LogP contribution is -2.39. The van der Waals surface area contributed by atoms with Gasteiger partial charge in [-0.05, 0) is 61.2 Å². The molecule has 4 rings (SSSR count). The van der Waals surface area contributed by atoms with Gasteiger partial charge in [-0.3, -0.25) is 9.59 Å². The zero-order valence-corrected chi connectivity index (χ0v) is 18.4. The number of piperidine rings is 1. The first-order valence-electron chi connectivity index (χ1n) is 10.7. The minimum atomic E-state index is -0.234. The Morgan fingerprint density at radius 2 is 1.75 bits per heavy atom. The third-order valence-corrected chi connectivity index (χ3v) is 5.84. The second-order valence-corrected chi connectivity index (χ2v) is 8.32. The maximum Gasteiger partial charge on any atom is 0.257 e. The molecule has 1 aliphatic heterocycles. The van der Waals surface area contributed by atoms with Crippen LogP contribution < -0.4 is 10.6 Å². The fourth-order valence-corrected chi connectivity index (χ4v) is 3.94. The lowest BCUT2D eigenvalue weighted by molar-refractivity contribution is 0.0694. The van der Waals surface area contributed by atoms with Crippen molar-refractivity contribution in [2.75, 3.05) is 30.3 Å². The van der Waals surface area contributed by atoms with Crippen molar-refractivity contribution in [1.29, 1.82) is 0 Å². The van der Waals surface area contributed by atoms with E-state index in [-0.39, 0.29) is 11.8 Å².